The van der Waals surface area contributed by atoms with Crippen LogP contribution in [0.3, 0.4) is 0 Å². The minimum absolute atomic E-state index is 0.126. The van der Waals surface area contributed by atoms with Crippen LogP contribution >= 0.6 is 11.6 Å². The van der Waals surface area contributed by atoms with Crippen molar-refractivity contribution in [3.05, 3.63) is 53.1 Å². The number of para-hydroxylation sites is 2. The normalized spacial score (nSPS) is 10.5. The molecule has 2 rings (SSSR count). The molecule has 0 bridgehead atoms. The van der Waals surface area contributed by atoms with Crippen LogP contribution in [0.5, 0.6) is 5.75 Å². The van der Waals surface area contributed by atoms with E-state index in [9.17, 15) is 18.4 Å². The van der Waals surface area contributed by atoms with Crippen LogP contribution in [0.1, 0.15) is 10.4 Å². The second-order valence-corrected chi connectivity index (χ2v) is 6.13. The Bertz CT molecular complexity index is 852. The molecule has 0 radical (unpaired) electrons. The largest absolute Gasteiger partial charge is 0.433 e. The summed E-state index contributed by atoms with van der Waals surface area (Å²) in [6, 6.07) is 10.5. The molecule has 0 aliphatic rings. The van der Waals surface area contributed by atoms with E-state index in [-0.39, 0.29) is 34.5 Å². The van der Waals surface area contributed by atoms with Crippen molar-refractivity contribution in [2.75, 3.05) is 37.4 Å². The van der Waals surface area contributed by atoms with Crippen molar-refractivity contribution in [1.29, 1.82) is 0 Å². The summed E-state index contributed by atoms with van der Waals surface area (Å²) in [5.41, 5.74) is 0.923. The van der Waals surface area contributed by atoms with Crippen LogP contribution in [0, 0.1) is 0 Å². The van der Waals surface area contributed by atoms with Crippen LogP contribution < -0.4 is 20.7 Å². The van der Waals surface area contributed by atoms with Gasteiger partial charge in [-0.25, -0.2) is 0 Å². The van der Waals surface area contributed by atoms with Gasteiger partial charge in [-0.15, -0.1) is 0 Å². The third kappa shape index (κ3) is 7.20. The Balaban J connectivity index is 1.92. The first-order valence-electron chi connectivity index (χ1n) is 8.55. The van der Waals surface area contributed by atoms with E-state index in [1.807, 2.05) is 0 Å². The lowest BCUT2D eigenvalue weighted by molar-refractivity contribution is -0.114. The molecule has 0 saturated carbocycles. The van der Waals surface area contributed by atoms with Gasteiger partial charge in [-0.2, -0.15) is 8.78 Å². The van der Waals surface area contributed by atoms with Crippen LogP contribution in [0.25, 0.3) is 0 Å². The molecule has 7 nitrogen and oxygen atoms in total. The number of methoxy groups -OCH3 is 1. The van der Waals surface area contributed by atoms with E-state index < -0.39 is 12.5 Å². The zero-order chi connectivity index (χ0) is 21.2. The summed E-state index contributed by atoms with van der Waals surface area (Å²) in [5, 5.41) is 8.20. The van der Waals surface area contributed by atoms with Crippen LogP contribution in [-0.4, -0.2) is 45.2 Å². The van der Waals surface area contributed by atoms with Crippen LogP contribution in [0.4, 0.5) is 20.2 Å². The Morgan fingerprint density at radius 2 is 1.93 bits per heavy atom. The Labute approximate surface area is 171 Å². The van der Waals surface area contributed by atoms with Crippen molar-refractivity contribution in [3.8, 4) is 5.75 Å². The third-order valence-electron chi connectivity index (χ3n) is 3.64. The lowest BCUT2D eigenvalue weighted by Crippen LogP contribution is -2.27. The van der Waals surface area contributed by atoms with E-state index in [0.717, 1.165) is 0 Å². The summed E-state index contributed by atoms with van der Waals surface area (Å²) < 4.78 is 34.1. The summed E-state index contributed by atoms with van der Waals surface area (Å²) in [5.74, 6) is -0.956. The van der Waals surface area contributed by atoms with Crippen molar-refractivity contribution in [2.45, 2.75) is 6.61 Å². The molecule has 0 atom stereocenters. The van der Waals surface area contributed by atoms with Crippen molar-refractivity contribution in [1.82, 2.24) is 5.32 Å². The first-order chi connectivity index (χ1) is 13.9. The first kappa shape index (κ1) is 22.4. The van der Waals surface area contributed by atoms with E-state index in [2.05, 4.69) is 20.7 Å². The van der Waals surface area contributed by atoms with Gasteiger partial charge in [-0.05, 0) is 30.3 Å². The molecule has 2 amide bonds. The van der Waals surface area contributed by atoms with Gasteiger partial charge in [0.05, 0.1) is 29.4 Å². The number of anilines is 2. The van der Waals surface area contributed by atoms with Gasteiger partial charge in [0.1, 0.15) is 5.75 Å². The van der Waals surface area contributed by atoms with Gasteiger partial charge in [0.15, 0.2) is 0 Å². The summed E-state index contributed by atoms with van der Waals surface area (Å²) in [7, 11) is 1.53. The summed E-state index contributed by atoms with van der Waals surface area (Å²) >= 11 is 6.13. The molecule has 3 N–H and O–H groups in total. The smallest absolute Gasteiger partial charge is 0.387 e. The highest BCUT2D eigenvalue weighted by Gasteiger charge is 2.13. The molecule has 0 spiro atoms. The molecule has 0 saturated heterocycles. The molecule has 0 fully saturated rings. The molecule has 0 heterocycles. The first-order valence-corrected chi connectivity index (χ1v) is 8.92. The number of halogens is 3. The van der Waals surface area contributed by atoms with Crippen molar-refractivity contribution in [2.24, 2.45) is 0 Å². The molecule has 156 valence electrons. The fraction of sp³-hybridized carbons (Fsp3) is 0.263. The quantitative estimate of drug-likeness (QED) is 0.506. The maximum Gasteiger partial charge on any atom is 0.387 e. The Morgan fingerprint density at radius 1 is 1.17 bits per heavy atom. The van der Waals surface area contributed by atoms with Crippen molar-refractivity contribution >= 4 is 34.8 Å². The number of carbonyl (C=O) groups excluding carboxylic acids is 2. The summed E-state index contributed by atoms with van der Waals surface area (Å²) in [6.07, 6.45) is 0. The van der Waals surface area contributed by atoms with Gasteiger partial charge in [-0.1, -0.05) is 23.7 Å². The fourth-order valence-corrected chi connectivity index (χ4v) is 2.58. The number of carbonyl (C=O) groups is 2. The SMILES string of the molecule is COCCNC(=O)c1ccc(NCC(=O)Nc2ccccc2OC(F)F)cc1Cl. The van der Waals surface area contributed by atoms with Gasteiger partial charge >= 0.3 is 6.61 Å². The maximum atomic E-state index is 12.4. The molecule has 0 unspecified atom stereocenters. The summed E-state index contributed by atoms with van der Waals surface area (Å²) in [6.45, 7) is -2.43. The van der Waals surface area contributed by atoms with Gasteiger partial charge < -0.3 is 25.4 Å². The molecule has 2 aromatic rings. The molecule has 0 aromatic heterocycles. The standard InChI is InChI=1S/C19H20ClF2N3O4/c1-28-9-8-23-18(27)13-7-6-12(10-14(13)20)24-11-17(26)25-15-4-2-3-5-16(15)29-19(21)22/h2-7,10,19,24H,8-9,11H2,1H3,(H,23,27)(H,25,26). The Hall–Kier alpha value is -2.91. The summed E-state index contributed by atoms with van der Waals surface area (Å²) in [4.78, 5) is 24.1. The Kier molecular flexibility index (Phi) is 8.63. The molecular formula is C19H20ClF2N3O4. The number of ether oxygens (including phenoxy) is 2. The van der Waals surface area contributed by atoms with Gasteiger partial charge in [0.25, 0.3) is 5.91 Å². The van der Waals surface area contributed by atoms with E-state index >= 15 is 0 Å². The van der Waals surface area contributed by atoms with Gasteiger partial charge in [0.2, 0.25) is 5.91 Å². The average molecular weight is 428 g/mol. The number of nitrogens with one attached hydrogen (secondary N) is 3. The number of alkyl halides is 2. The third-order valence-corrected chi connectivity index (χ3v) is 3.95. The zero-order valence-corrected chi connectivity index (χ0v) is 16.3. The predicted octanol–water partition coefficient (Wildman–Crippen LogP) is 3.37. The Morgan fingerprint density at radius 3 is 2.62 bits per heavy atom. The lowest BCUT2D eigenvalue weighted by atomic mass is 10.2. The molecule has 0 aliphatic heterocycles. The molecule has 29 heavy (non-hydrogen) atoms. The molecular weight excluding hydrogens is 408 g/mol. The van der Waals surface area contributed by atoms with Crippen LogP contribution in [0.2, 0.25) is 5.02 Å². The van der Waals surface area contributed by atoms with E-state index in [0.29, 0.717) is 18.8 Å². The monoisotopic (exact) mass is 427 g/mol. The minimum atomic E-state index is -3.00. The molecule has 10 heteroatoms. The number of amides is 2. The molecule has 2 aromatic carbocycles. The fourth-order valence-electron chi connectivity index (χ4n) is 2.32. The number of hydrogen-bond acceptors (Lipinski definition) is 5. The second-order valence-electron chi connectivity index (χ2n) is 5.72. The second kappa shape index (κ2) is 11.2. The topological polar surface area (TPSA) is 88.7 Å². The highest BCUT2D eigenvalue weighted by Crippen LogP contribution is 2.25. The van der Waals surface area contributed by atoms with E-state index in [1.165, 1.54) is 37.4 Å². The zero-order valence-electron chi connectivity index (χ0n) is 15.5. The minimum Gasteiger partial charge on any atom is -0.433 e. The lowest BCUT2D eigenvalue weighted by Gasteiger charge is -2.13. The van der Waals surface area contributed by atoms with Crippen molar-refractivity contribution < 1.29 is 27.8 Å². The average Bonchev–Trinajstić information content (AvgIpc) is 2.67. The number of rotatable bonds is 10. The maximum absolute atomic E-state index is 12.4. The van der Waals surface area contributed by atoms with E-state index in [1.54, 1.807) is 12.1 Å². The van der Waals surface area contributed by atoms with Crippen molar-refractivity contribution in [3.63, 3.8) is 0 Å². The van der Waals surface area contributed by atoms with E-state index in [4.69, 9.17) is 16.3 Å². The number of hydrogen-bond donors (Lipinski definition) is 3. The van der Waals surface area contributed by atoms with Crippen LogP contribution in [-0.2, 0) is 9.53 Å². The highest BCUT2D eigenvalue weighted by molar-refractivity contribution is 6.34. The van der Waals surface area contributed by atoms with Gasteiger partial charge in [0, 0.05) is 19.3 Å². The highest BCUT2D eigenvalue weighted by atomic mass is 35.5. The van der Waals surface area contributed by atoms with Crippen LogP contribution in [0.15, 0.2) is 42.5 Å². The predicted molar refractivity (Wildman–Crippen MR) is 106 cm³/mol. The molecule has 0 aliphatic carbocycles. The van der Waals surface area contributed by atoms with Gasteiger partial charge in [-0.3, -0.25) is 9.59 Å². The number of benzene rings is 2.